The van der Waals surface area contributed by atoms with E-state index in [9.17, 15) is 9.59 Å². The first-order valence-electron chi connectivity index (χ1n) is 8.01. The minimum absolute atomic E-state index is 0.0318. The molecule has 1 aromatic carbocycles. The number of rotatable bonds is 7. The Kier molecular flexibility index (Phi) is 7.22. The molecule has 2 unspecified atom stereocenters. The molecule has 0 heterocycles. The van der Waals surface area contributed by atoms with Gasteiger partial charge < -0.3 is 20.3 Å². The summed E-state index contributed by atoms with van der Waals surface area (Å²) < 4.78 is 5.25. The number of aliphatic hydroxyl groups is 1. The van der Waals surface area contributed by atoms with Crippen LogP contribution in [-0.2, 0) is 22.6 Å². The number of carboxylic acids is 1. The molecule has 24 heavy (non-hydrogen) atoms. The molecule has 1 rings (SSSR count). The van der Waals surface area contributed by atoms with Crippen LogP contribution in [0.25, 0.3) is 0 Å². The van der Waals surface area contributed by atoms with Crippen LogP contribution in [0.5, 0.6) is 0 Å². The largest absolute Gasteiger partial charge is 0.481 e. The Morgan fingerprint density at radius 2 is 1.71 bits per heavy atom. The highest BCUT2D eigenvalue weighted by molar-refractivity contribution is 5.70. The SMILES string of the molecule is CC(CC(Cc1ccc(CO)cc1)NC(=O)OC(C)(C)C)C(=O)O. The standard InChI is InChI=1S/C18H27NO5/c1-12(16(21)22)9-15(19-17(23)24-18(2,3)4)10-13-5-7-14(11-20)8-6-13/h5-8,12,15,20H,9-11H2,1-4H3,(H,19,23)(H,21,22). The van der Waals surface area contributed by atoms with E-state index < -0.39 is 23.6 Å². The summed E-state index contributed by atoms with van der Waals surface area (Å²) >= 11 is 0. The summed E-state index contributed by atoms with van der Waals surface area (Å²) in [6.45, 7) is 6.90. The Morgan fingerprint density at radius 3 is 2.17 bits per heavy atom. The molecule has 134 valence electrons. The van der Waals surface area contributed by atoms with E-state index in [0.717, 1.165) is 11.1 Å². The lowest BCUT2D eigenvalue weighted by Crippen LogP contribution is -2.41. The van der Waals surface area contributed by atoms with Gasteiger partial charge in [-0.3, -0.25) is 4.79 Å². The number of carbonyl (C=O) groups is 2. The molecule has 0 aliphatic carbocycles. The number of hydrogen-bond acceptors (Lipinski definition) is 4. The fourth-order valence-corrected chi connectivity index (χ4v) is 2.26. The van der Waals surface area contributed by atoms with Crippen LogP contribution in [0.1, 0.15) is 45.2 Å². The zero-order chi connectivity index (χ0) is 18.3. The first-order valence-corrected chi connectivity index (χ1v) is 8.01. The van der Waals surface area contributed by atoms with Gasteiger partial charge in [-0.15, -0.1) is 0 Å². The third-order valence-electron chi connectivity index (χ3n) is 3.47. The number of alkyl carbamates (subject to hydrolysis) is 1. The summed E-state index contributed by atoms with van der Waals surface area (Å²) in [5, 5.41) is 21.0. The summed E-state index contributed by atoms with van der Waals surface area (Å²) in [4.78, 5) is 23.1. The van der Waals surface area contributed by atoms with E-state index in [2.05, 4.69) is 5.32 Å². The molecule has 1 aromatic rings. The lowest BCUT2D eigenvalue weighted by atomic mass is 9.96. The van der Waals surface area contributed by atoms with Crippen LogP contribution in [0, 0.1) is 5.92 Å². The predicted molar refractivity (Wildman–Crippen MR) is 90.6 cm³/mol. The number of aliphatic hydroxyl groups excluding tert-OH is 1. The molecule has 0 aliphatic heterocycles. The highest BCUT2D eigenvalue weighted by atomic mass is 16.6. The number of benzene rings is 1. The zero-order valence-corrected chi connectivity index (χ0v) is 14.7. The van der Waals surface area contributed by atoms with Crippen molar-refractivity contribution in [3.05, 3.63) is 35.4 Å². The molecule has 1 amide bonds. The quantitative estimate of drug-likeness (QED) is 0.711. The maximum absolute atomic E-state index is 12.0. The molecule has 2 atom stereocenters. The highest BCUT2D eigenvalue weighted by Gasteiger charge is 2.23. The Balaban J connectivity index is 2.79. The van der Waals surface area contributed by atoms with E-state index in [1.54, 1.807) is 39.8 Å². The Morgan fingerprint density at radius 1 is 1.17 bits per heavy atom. The normalized spacial score (nSPS) is 13.9. The number of amides is 1. The monoisotopic (exact) mass is 337 g/mol. The Labute approximate surface area is 142 Å². The molecular weight excluding hydrogens is 310 g/mol. The second-order valence-corrected chi connectivity index (χ2v) is 7.00. The predicted octanol–water partition coefficient (Wildman–Crippen LogP) is 2.73. The van der Waals surface area contributed by atoms with Crippen molar-refractivity contribution in [1.29, 1.82) is 0 Å². The maximum Gasteiger partial charge on any atom is 0.407 e. The Bertz CT molecular complexity index is 548. The molecule has 6 nitrogen and oxygen atoms in total. The molecule has 0 bridgehead atoms. The molecule has 0 aromatic heterocycles. The fourth-order valence-electron chi connectivity index (χ4n) is 2.26. The summed E-state index contributed by atoms with van der Waals surface area (Å²) in [7, 11) is 0. The van der Waals surface area contributed by atoms with Gasteiger partial charge in [0.25, 0.3) is 0 Å². The molecule has 0 radical (unpaired) electrons. The van der Waals surface area contributed by atoms with Gasteiger partial charge in [0.15, 0.2) is 0 Å². The van der Waals surface area contributed by atoms with E-state index in [1.165, 1.54) is 0 Å². The molecule has 0 saturated heterocycles. The average Bonchev–Trinajstić information content (AvgIpc) is 2.45. The minimum atomic E-state index is -0.901. The molecule has 0 aliphatic rings. The van der Waals surface area contributed by atoms with Crippen molar-refractivity contribution in [2.75, 3.05) is 0 Å². The van der Waals surface area contributed by atoms with Crippen LogP contribution < -0.4 is 5.32 Å². The van der Waals surface area contributed by atoms with Crippen LogP contribution in [0.2, 0.25) is 0 Å². The van der Waals surface area contributed by atoms with Crippen LogP contribution >= 0.6 is 0 Å². The third kappa shape index (κ3) is 7.46. The van der Waals surface area contributed by atoms with Gasteiger partial charge in [-0.2, -0.15) is 0 Å². The summed E-state index contributed by atoms with van der Waals surface area (Å²) in [5.74, 6) is -1.48. The zero-order valence-electron chi connectivity index (χ0n) is 14.7. The van der Waals surface area contributed by atoms with Crippen molar-refractivity contribution >= 4 is 12.1 Å². The first kappa shape index (κ1) is 20.0. The van der Waals surface area contributed by atoms with E-state index in [-0.39, 0.29) is 12.6 Å². The minimum Gasteiger partial charge on any atom is -0.481 e. The van der Waals surface area contributed by atoms with Gasteiger partial charge in [0.1, 0.15) is 5.60 Å². The number of carboxylic acid groups (broad SMARTS) is 1. The van der Waals surface area contributed by atoms with E-state index >= 15 is 0 Å². The van der Waals surface area contributed by atoms with E-state index in [1.807, 2.05) is 12.1 Å². The second kappa shape index (κ2) is 8.68. The van der Waals surface area contributed by atoms with Crippen LogP contribution in [0.4, 0.5) is 4.79 Å². The molecule has 0 saturated carbocycles. The van der Waals surface area contributed by atoms with E-state index in [0.29, 0.717) is 12.8 Å². The molecule has 6 heteroatoms. The van der Waals surface area contributed by atoms with E-state index in [4.69, 9.17) is 14.9 Å². The molecule has 3 N–H and O–H groups in total. The first-order chi connectivity index (χ1) is 11.1. The lowest BCUT2D eigenvalue weighted by Gasteiger charge is -2.24. The topological polar surface area (TPSA) is 95.9 Å². The summed E-state index contributed by atoms with van der Waals surface area (Å²) in [5.41, 5.74) is 1.13. The molecule has 0 spiro atoms. The maximum atomic E-state index is 12.0. The third-order valence-corrected chi connectivity index (χ3v) is 3.47. The Hall–Kier alpha value is -2.08. The smallest absolute Gasteiger partial charge is 0.407 e. The molecule has 0 fully saturated rings. The number of hydrogen-bond donors (Lipinski definition) is 3. The summed E-state index contributed by atoms with van der Waals surface area (Å²) in [6.07, 6.45) is 0.232. The van der Waals surface area contributed by atoms with Crippen LogP contribution in [-0.4, -0.2) is 33.9 Å². The second-order valence-electron chi connectivity index (χ2n) is 7.00. The number of nitrogens with one attached hydrogen (secondary N) is 1. The highest BCUT2D eigenvalue weighted by Crippen LogP contribution is 2.15. The average molecular weight is 337 g/mol. The van der Waals surface area contributed by atoms with Gasteiger partial charge in [0.2, 0.25) is 0 Å². The van der Waals surface area contributed by atoms with Gasteiger partial charge in [-0.25, -0.2) is 4.79 Å². The van der Waals surface area contributed by atoms with Crippen LogP contribution in [0.3, 0.4) is 0 Å². The lowest BCUT2D eigenvalue weighted by molar-refractivity contribution is -0.141. The van der Waals surface area contributed by atoms with Crippen molar-refractivity contribution in [2.24, 2.45) is 5.92 Å². The number of ether oxygens (including phenoxy) is 1. The van der Waals surface area contributed by atoms with Gasteiger partial charge in [0, 0.05) is 6.04 Å². The van der Waals surface area contributed by atoms with Gasteiger partial charge >= 0.3 is 12.1 Å². The number of carbonyl (C=O) groups excluding carboxylic acids is 1. The van der Waals surface area contributed by atoms with Crippen molar-refractivity contribution in [2.45, 2.75) is 58.8 Å². The summed E-state index contributed by atoms with van der Waals surface area (Å²) in [6, 6.07) is 6.98. The van der Waals surface area contributed by atoms with Gasteiger partial charge in [-0.1, -0.05) is 31.2 Å². The van der Waals surface area contributed by atoms with Crippen molar-refractivity contribution in [3.63, 3.8) is 0 Å². The fraction of sp³-hybridized carbons (Fsp3) is 0.556. The van der Waals surface area contributed by atoms with Crippen molar-refractivity contribution in [3.8, 4) is 0 Å². The van der Waals surface area contributed by atoms with Crippen molar-refractivity contribution in [1.82, 2.24) is 5.32 Å². The van der Waals surface area contributed by atoms with Gasteiger partial charge in [0.05, 0.1) is 12.5 Å². The van der Waals surface area contributed by atoms with Crippen LogP contribution in [0.15, 0.2) is 24.3 Å². The molecular formula is C18H27NO5. The number of aliphatic carboxylic acids is 1. The van der Waals surface area contributed by atoms with Crippen molar-refractivity contribution < 1.29 is 24.5 Å². The van der Waals surface area contributed by atoms with Gasteiger partial charge in [-0.05, 0) is 44.7 Å².